The van der Waals surface area contributed by atoms with E-state index in [2.05, 4.69) is 31.2 Å². The van der Waals surface area contributed by atoms with Crippen molar-refractivity contribution in [2.24, 2.45) is 0 Å². The number of hydrogen-bond donors (Lipinski definition) is 1. The van der Waals surface area contributed by atoms with Gasteiger partial charge in [0.2, 0.25) is 5.82 Å². The van der Waals surface area contributed by atoms with Crippen LogP contribution >= 0.6 is 39.1 Å². The minimum absolute atomic E-state index is 0.0543. The van der Waals surface area contributed by atoms with Crippen LogP contribution in [0.1, 0.15) is 0 Å². The molecule has 0 atom stereocenters. The lowest BCUT2D eigenvalue weighted by molar-refractivity contribution is -0.385. The number of benzene rings is 2. The van der Waals surface area contributed by atoms with E-state index in [1.54, 1.807) is 36.4 Å². The molecule has 0 fully saturated rings. The van der Waals surface area contributed by atoms with E-state index in [9.17, 15) is 10.1 Å². The molecule has 0 spiro atoms. The number of nitro groups is 1. The van der Waals surface area contributed by atoms with Gasteiger partial charge in [0.25, 0.3) is 0 Å². The molecule has 0 aliphatic rings. The van der Waals surface area contributed by atoms with E-state index in [1.165, 1.54) is 6.07 Å². The van der Waals surface area contributed by atoms with Gasteiger partial charge in [0.1, 0.15) is 12.1 Å². The normalized spacial score (nSPS) is 10.4. The molecule has 0 bridgehead atoms. The van der Waals surface area contributed by atoms with Gasteiger partial charge in [0.05, 0.1) is 15.6 Å². The highest BCUT2D eigenvalue weighted by molar-refractivity contribution is 9.10. The fourth-order valence-electron chi connectivity index (χ4n) is 2.03. The molecule has 0 saturated heterocycles. The molecule has 3 aromatic rings. The molecule has 2 aromatic carbocycles. The van der Waals surface area contributed by atoms with Gasteiger partial charge in [-0.25, -0.2) is 4.98 Å². The van der Waals surface area contributed by atoms with Gasteiger partial charge < -0.3 is 10.1 Å². The summed E-state index contributed by atoms with van der Waals surface area (Å²) in [7, 11) is 0. The predicted molar refractivity (Wildman–Crippen MR) is 103 cm³/mol. The summed E-state index contributed by atoms with van der Waals surface area (Å²) in [4.78, 5) is 18.7. The van der Waals surface area contributed by atoms with Crippen molar-refractivity contribution in [3.05, 3.63) is 73.4 Å². The van der Waals surface area contributed by atoms with Crippen molar-refractivity contribution in [1.29, 1.82) is 0 Å². The number of halogens is 3. The molecule has 0 saturated carbocycles. The monoisotopic (exact) mass is 454 g/mol. The average Bonchev–Trinajstić information content (AvgIpc) is 2.59. The molecule has 1 N–H and O–H groups in total. The maximum absolute atomic E-state index is 11.6. The average molecular weight is 456 g/mol. The lowest BCUT2D eigenvalue weighted by Crippen LogP contribution is -2.03. The largest absolute Gasteiger partial charge is 0.434 e. The first-order valence-electron chi connectivity index (χ1n) is 7.09. The summed E-state index contributed by atoms with van der Waals surface area (Å²) >= 11 is 15.3. The predicted octanol–water partition coefficient (Wildman–Crippen LogP) is 5.99. The Kier molecular flexibility index (Phi) is 5.55. The first-order chi connectivity index (χ1) is 12.4. The smallest absolute Gasteiger partial charge is 0.373 e. The second kappa shape index (κ2) is 7.86. The summed E-state index contributed by atoms with van der Waals surface area (Å²) < 4.78 is 6.39. The molecule has 7 nitrogen and oxygen atoms in total. The summed E-state index contributed by atoms with van der Waals surface area (Å²) in [5, 5.41) is 15.1. The Balaban J connectivity index is 1.98. The molecule has 0 radical (unpaired) electrons. The number of rotatable bonds is 5. The summed E-state index contributed by atoms with van der Waals surface area (Å²) in [5.74, 6) is 0.145. The molecule has 1 heterocycles. The molecule has 10 heteroatoms. The van der Waals surface area contributed by atoms with Crippen LogP contribution in [0.2, 0.25) is 10.0 Å². The minimum Gasteiger partial charge on any atom is -0.434 e. The van der Waals surface area contributed by atoms with E-state index in [0.29, 0.717) is 21.5 Å². The van der Waals surface area contributed by atoms with Crippen LogP contribution in [0.25, 0.3) is 0 Å². The molecule has 0 aliphatic heterocycles. The zero-order chi connectivity index (χ0) is 18.7. The van der Waals surface area contributed by atoms with E-state index in [-0.39, 0.29) is 11.7 Å². The first-order valence-corrected chi connectivity index (χ1v) is 8.64. The van der Waals surface area contributed by atoms with Crippen LogP contribution in [0, 0.1) is 10.1 Å². The summed E-state index contributed by atoms with van der Waals surface area (Å²) in [6.07, 6.45) is 1.16. The van der Waals surface area contributed by atoms with Crippen molar-refractivity contribution >= 4 is 56.3 Å². The summed E-state index contributed by atoms with van der Waals surface area (Å²) in [5.41, 5.74) is -0.00565. The molecular weight excluding hydrogens is 447 g/mol. The standard InChI is InChI=1S/C16H9BrCl2N4O3/c17-9-1-4-11(5-2-9)26-16-14(23(24)25)15(20-8-21-16)22-13-6-3-10(18)7-12(13)19/h1-8H,(H,20,21,22). The van der Waals surface area contributed by atoms with Gasteiger partial charge in [-0.15, -0.1) is 0 Å². The second-order valence-electron chi connectivity index (χ2n) is 4.94. The molecule has 0 amide bonds. The highest BCUT2D eigenvalue weighted by Gasteiger charge is 2.25. The van der Waals surface area contributed by atoms with Crippen molar-refractivity contribution in [2.75, 3.05) is 5.32 Å². The number of anilines is 2. The fourth-order valence-corrected chi connectivity index (χ4v) is 2.75. The Hall–Kier alpha value is -2.42. The van der Waals surface area contributed by atoms with E-state index < -0.39 is 10.6 Å². The zero-order valence-electron chi connectivity index (χ0n) is 12.8. The van der Waals surface area contributed by atoms with Crippen LogP contribution in [0.3, 0.4) is 0 Å². The number of aromatic nitrogens is 2. The molecule has 132 valence electrons. The number of nitrogens with one attached hydrogen (secondary N) is 1. The fraction of sp³-hybridized carbons (Fsp3) is 0. The van der Waals surface area contributed by atoms with Crippen molar-refractivity contribution in [3.63, 3.8) is 0 Å². The lowest BCUT2D eigenvalue weighted by atomic mass is 10.3. The van der Waals surface area contributed by atoms with E-state index in [4.69, 9.17) is 27.9 Å². The van der Waals surface area contributed by atoms with Gasteiger partial charge in [-0.2, -0.15) is 4.98 Å². The molecule has 1 aromatic heterocycles. The van der Waals surface area contributed by atoms with Crippen LogP contribution in [-0.2, 0) is 0 Å². The third-order valence-corrected chi connectivity index (χ3v) is 4.26. The quantitative estimate of drug-likeness (QED) is 0.375. The van der Waals surface area contributed by atoms with Gasteiger partial charge in [-0.05, 0) is 42.5 Å². The maximum Gasteiger partial charge on any atom is 0.373 e. The number of hydrogen-bond acceptors (Lipinski definition) is 6. The Bertz CT molecular complexity index is 970. The third-order valence-electron chi connectivity index (χ3n) is 3.18. The Morgan fingerprint density at radius 2 is 1.85 bits per heavy atom. The van der Waals surface area contributed by atoms with Gasteiger partial charge in [0, 0.05) is 9.50 Å². The Morgan fingerprint density at radius 1 is 1.12 bits per heavy atom. The van der Waals surface area contributed by atoms with Gasteiger partial charge in [0.15, 0.2) is 0 Å². The molecule has 0 aliphatic carbocycles. The third kappa shape index (κ3) is 4.21. The number of ether oxygens (including phenoxy) is 1. The van der Waals surface area contributed by atoms with E-state index in [0.717, 1.165) is 10.8 Å². The summed E-state index contributed by atoms with van der Waals surface area (Å²) in [6, 6.07) is 11.5. The minimum atomic E-state index is -0.625. The van der Waals surface area contributed by atoms with Crippen LogP contribution in [0.15, 0.2) is 53.3 Å². The van der Waals surface area contributed by atoms with E-state index in [1.807, 2.05) is 0 Å². The molecule has 0 unspecified atom stereocenters. The number of nitrogens with zero attached hydrogens (tertiary/aromatic N) is 3. The van der Waals surface area contributed by atoms with Crippen LogP contribution < -0.4 is 10.1 Å². The molecule has 3 rings (SSSR count). The lowest BCUT2D eigenvalue weighted by Gasteiger charge is -2.10. The van der Waals surface area contributed by atoms with E-state index >= 15 is 0 Å². The van der Waals surface area contributed by atoms with Crippen molar-refractivity contribution in [1.82, 2.24) is 9.97 Å². The zero-order valence-corrected chi connectivity index (χ0v) is 15.9. The highest BCUT2D eigenvalue weighted by atomic mass is 79.9. The Morgan fingerprint density at radius 3 is 2.50 bits per heavy atom. The van der Waals surface area contributed by atoms with Gasteiger partial charge in [-0.3, -0.25) is 10.1 Å². The SMILES string of the molecule is O=[N+]([O-])c1c(Nc2ccc(Cl)cc2Cl)ncnc1Oc1ccc(Br)cc1. The van der Waals surface area contributed by atoms with Crippen molar-refractivity contribution in [2.45, 2.75) is 0 Å². The van der Waals surface area contributed by atoms with Crippen molar-refractivity contribution < 1.29 is 9.66 Å². The topological polar surface area (TPSA) is 90.2 Å². The molecular formula is C16H9BrCl2N4O3. The van der Waals surface area contributed by atoms with Crippen LogP contribution in [0.5, 0.6) is 11.6 Å². The Labute approximate surface area is 166 Å². The first kappa shape index (κ1) is 18.4. The highest BCUT2D eigenvalue weighted by Crippen LogP contribution is 2.37. The van der Waals surface area contributed by atoms with Crippen LogP contribution in [-0.4, -0.2) is 14.9 Å². The van der Waals surface area contributed by atoms with Gasteiger partial charge >= 0.3 is 11.6 Å². The van der Waals surface area contributed by atoms with Crippen LogP contribution in [0.4, 0.5) is 17.2 Å². The van der Waals surface area contributed by atoms with Gasteiger partial charge in [-0.1, -0.05) is 39.1 Å². The maximum atomic E-state index is 11.6. The second-order valence-corrected chi connectivity index (χ2v) is 6.70. The van der Waals surface area contributed by atoms with Crippen molar-refractivity contribution in [3.8, 4) is 11.6 Å². The molecule has 26 heavy (non-hydrogen) atoms. The summed E-state index contributed by atoms with van der Waals surface area (Å²) in [6.45, 7) is 0.